The molecule has 0 spiro atoms. The second-order valence-electron chi connectivity index (χ2n) is 8.37. The van der Waals surface area contributed by atoms with Crippen LogP contribution < -0.4 is 10.2 Å². The van der Waals surface area contributed by atoms with E-state index >= 15 is 0 Å². The lowest BCUT2D eigenvalue weighted by Crippen LogP contribution is -2.30. The first-order valence-corrected chi connectivity index (χ1v) is 11.9. The van der Waals surface area contributed by atoms with Gasteiger partial charge in [-0.1, -0.05) is 71.9 Å². The highest BCUT2D eigenvalue weighted by atomic mass is 32.2. The van der Waals surface area contributed by atoms with Gasteiger partial charge in [0, 0.05) is 11.4 Å². The molecule has 0 saturated carbocycles. The molecule has 3 aromatic rings. The fourth-order valence-corrected chi connectivity index (χ4v) is 5.10. The van der Waals surface area contributed by atoms with Crippen molar-refractivity contribution in [2.75, 3.05) is 10.2 Å². The Balaban J connectivity index is 1.72. The molecule has 2 amide bonds. The molecule has 0 aliphatic carbocycles. The molecule has 4 rings (SSSR count). The minimum Gasteiger partial charge on any atom is -0.321 e. The summed E-state index contributed by atoms with van der Waals surface area (Å²) in [5, 5.41) is 12.8. The molecule has 1 heterocycles. The lowest BCUT2D eigenvalue weighted by molar-refractivity contribution is -0.117. The number of hydrogen-bond donors (Lipinski definition) is 1. The second-order valence-corrected chi connectivity index (χ2v) is 9.56. The van der Waals surface area contributed by atoms with Crippen molar-refractivity contribution in [1.82, 2.24) is 0 Å². The number of aryl methyl sites for hydroxylation is 3. The molecule has 6 heteroatoms. The van der Waals surface area contributed by atoms with Gasteiger partial charge in [0.1, 0.15) is 16.7 Å². The van der Waals surface area contributed by atoms with Gasteiger partial charge in [0.2, 0.25) is 5.91 Å². The van der Waals surface area contributed by atoms with E-state index in [0.29, 0.717) is 22.8 Å². The summed E-state index contributed by atoms with van der Waals surface area (Å²) in [5.74, 6) is -0.664. The summed E-state index contributed by atoms with van der Waals surface area (Å²) >= 11 is 1.27. The van der Waals surface area contributed by atoms with Gasteiger partial charge in [-0.15, -0.1) is 0 Å². The molecule has 34 heavy (non-hydrogen) atoms. The van der Waals surface area contributed by atoms with Gasteiger partial charge in [0.05, 0.1) is 5.25 Å². The maximum Gasteiger partial charge on any atom is 0.269 e. The van der Waals surface area contributed by atoms with Gasteiger partial charge >= 0.3 is 0 Å². The molecule has 1 unspecified atom stereocenters. The van der Waals surface area contributed by atoms with Crippen molar-refractivity contribution in [3.05, 3.63) is 106 Å². The number of carbonyl (C=O) groups excluding carboxylic acids is 2. The van der Waals surface area contributed by atoms with Crippen LogP contribution in [-0.4, -0.2) is 17.1 Å². The van der Waals surface area contributed by atoms with E-state index in [9.17, 15) is 14.9 Å². The van der Waals surface area contributed by atoms with Crippen molar-refractivity contribution < 1.29 is 9.59 Å². The van der Waals surface area contributed by atoms with Crippen molar-refractivity contribution in [3.8, 4) is 6.07 Å². The molecule has 1 aliphatic rings. The van der Waals surface area contributed by atoms with Crippen molar-refractivity contribution >= 4 is 35.0 Å². The third-order valence-corrected chi connectivity index (χ3v) is 6.97. The lowest BCUT2D eigenvalue weighted by atomic mass is 10.1. The Labute approximate surface area is 204 Å². The zero-order valence-electron chi connectivity index (χ0n) is 19.3. The number of nitriles is 1. The first kappa shape index (κ1) is 23.3. The Morgan fingerprint density at radius 2 is 1.68 bits per heavy atom. The highest BCUT2D eigenvalue weighted by molar-refractivity contribution is 8.05. The molecule has 3 aromatic carbocycles. The van der Waals surface area contributed by atoms with E-state index in [1.165, 1.54) is 16.7 Å². The molecule has 5 nitrogen and oxygen atoms in total. The molecule has 1 N–H and O–H groups in total. The summed E-state index contributed by atoms with van der Waals surface area (Å²) in [4.78, 5) is 28.3. The molecule has 0 aromatic heterocycles. The number of carbonyl (C=O) groups is 2. The van der Waals surface area contributed by atoms with Crippen LogP contribution in [-0.2, 0) is 16.0 Å². The zero-order valence-corrected chi connectivity index (χ0v) is 20.1. The van der Waals surface area contributed by atoms with Gasteiger partial charge in [-0.05, 0) is 62.1 Å². The third-order valence-electron chi connectivity index (χ3n) is 5.70. The summed E-state index contributed by atoms with van der Waals surface area (Å²) in [6.45, 7) is 5.86. The Hall–Kier alpha value is -3.82. The topological polar surface area (TPSA) is 73.2 Å². The van der Waals surface area contributed by atoms with Gasteiger partial charge < -0.3 is 5.32 Å². The number of thioether (sulfide) groups is 1. The van der Waals surface area contributed by atoms with E-state index in [4.69, 9.17) is 0 Å². The molecule has 1 aliphatic heterocycles. The van der Waals surface area contributed by atoms with E-state index in [1.54, 1.807) is 0 Å². The number of benzene rings is 3. The van der Waals surface area contributed by atoms with Crippen LogP contribution in [0.2, 0.25) is 0 Å². The van der Waals surface area contributed by atoms with Crippen LogP contribution in [0, 0.1) is 32.1 Å². The van der Waals surface area contributed by atoms with Gasteiger partial charge in [0.15, 0.2) is 0 Å². The van der Waals surface area contributed by atoms with Crippen LogP contribution in [0.5, 0.6) is 0 Å². The largest absolute Gasteiger partial charge is 0.321 e. The zero-order chi connectivity index (χ0) is 24.2. The highest BCUT2D eigenvalue weighted by Crippen LogP contribution is 2.42. The van der Waals surface area contributed by atoms with Crippen LogP contribution >= 0.6 is 11.8 Å². The minimum atomic E-state index is -0.525. The number of rotatable bonds is 5. The van der Waals surface area contributed by atoms with E-state index in [-0.39, 0.29) is 11.5 Å². The summed E-state index contributed by atoms with van der Waals surface area (Å²) in [6.07, 6.45) is 0.508. The SMILES string of the molecule is Cc1ccc(CC2S/C(=C(/C#N)C(=O)Nc3cc(C)ccc3C)N(c3ccccc3)C2=O)cc1. The molecular weight excluding hydrogens is 442 g/mol. The fourth-order valence-electron chi connectivity index (χ4n) is 3.79. The van der Waals surface area contributed by atoms with Crippen LogP contribution in [0.4, 0.5) is 11.4 Å². The predicted molar refractivity (Wildman–Crippen MR) is 137 cm³/mol. The van der Waals surface area contributed by atoms with Crippen LogP contribution in [0.15, 0.2) is 83.4 Å². The summed E-state index contributed by atoms with van der Waals surface area (Å²) in [7, 11) is 0. The highest BCUT2D eigenvalue weighted by Gasteiger charge is 2.40. The molecule has 1 saturated heterocycles. The van der Waals surface area contributed by atoms with Gasteiger partial charge in [-0.25, -0.2) is 0 Å². The Kier molecular flexibility index (Phi) is 6.85. The average Bonchev–Trinajstić information content (AvgIpc) is 3.14. The minimum absolute atomic E-state index is 0.0745. The fraction of sp³-hybridized carbons (Fsp3) is 0.179. The lowest BCUT2D eigenvalue weighted by Gasteiger charge is -2.19. The number of nitrogens with zero attached hydrogens (tertiary/aromatic N) is 2. The van der Waals surface area contributed by atoms with Crippen LogP contribution in [0.1, 0.15) is 22.3 Å². The van der Waals surface area contributed by atoms with E-state index in [2.05, 4.69) is 11.4 Å². The normalized spacial score (nSPS) is 16.8. The number of hydrogen-bond acceptors (Lipinski definition) is 4. The van der Waals surface area contributed by atoms with E-state index < -0.39 is 11.2 Å². The summed E-state index contributed by atoms with van der Waals surface area (Å²) < 4.78 is 0. The molecule has 170 valence electrons. The Morgan fingerprint density at radius 1 is 1.00 bits per heavy atom. The van der Waals surface area contributed by atoms with Crippen molar-refractivity contribution in [3.63, 3.8) is 0 Å². The Morgan fingerprint density at radius 3 is 2.35 bits per heavy atom. The van der Waals surface area contributed by atoms with Crippen molar-refractivity contribution in [2.45, 2.75) is 32.4 Å². The predicted octanol–water partition coefficient (Wildman–Crippen LogP) is 5.68. The average molecular weight is 468 g/mol. The smallest absolute Gasteiger partial charge is 0.269 e. The monoisotopic (exact) mass is 467 g/mol. The second kappa shape index (κ2) is 9.98. The van der Waals surface area contributed by atoms with Crippen LogP contribution in [0.3, 0.4) is 0 Å². The third kappa shape index (κ3) is 4.90. The Bertz CT molecular complexity index is 1310. The molecule has 1 atom stereocenters. The number of para-hydroxylation sites is 1. The summed E-state index contributed by atoms with van der Waals surface area (Å²) in [5.41, 5.74) is 5.29. The maximum absolute atomic E-state index is 13.5. The van der Waals surface area contributed by atoms with Crippen molar-refractivity contribution in [1.29, 1.82) is 5.26 Å². The summed E-state index contributed by atoms with van der Waals surface area (Å²) in [6, 6.07) is 25.0. The number of anilines is 2. The first-order valence-electron chi connectivity index (χ1n) is 11.0. The number of amides is 2. The van der Waals surface area contributed by atoms with Gasteiger partial charge in [-0.3, -0.25) is 14.5 Å². The standard InChI is InChI=1S/C28H25N3O2S/c1-18-10-13-21(14-11-18)16-25-27(33)31(22-7-5-4-6-8-22)28(34-25)23(17-29)26(32)30-24-15-19(2)9-12-20(24)3/h4-15,25H,16H2,1-3H3,(H,30,32)/b28-23-. The molecule has 0 radical (unpaired) electrons. The van der Waals surface area contributed by atoms with Gasteiger partial charge in [0.25, 0.3) is 5.91 Å². The number of nitrogens with one attached hydrogen (secondary N) is 1. The van der Waals surface area contributed by atoms with Gasteiger partial charge in [-0.2, -0.15) is 5.26 Å². The first-order chi connectivity index (χ1) is 16.4. The molecule has 0 bridgehead atoms. The molecule has 1 fully saturated rings. The maximum atomic E-state index is 13.5. The van der Waals surface area contributed by atoms with Crippen LogP contribution in [0.25, 0.3) is 0 Å². The van der Waals surface area contributed by atoms with E-state index in [0.717, 1.165) is 22.3 Å². The van der Waals surface area contributed by atoms with E-state index in [1.807, 2.05) is 93.6 Å². The molecular formula is C28H25N3O2S. The van der Waals surface area contributed by atoms with Crippen molar-refractivity contribution in [2.24, 2.45) is 0 Å². The quantitative estimate of drug-likeness (QED) is 0.387.